The molecule has 0 radical (unpaired) electrons. The molecule has 1 unspecified atom stereocenters. The van der Waals surface area contributed by atoms with Crippen molar-refractivity contribution in [2.45, 2.75) is 17.1 Å². The molecule has 1 N–H and O–H groups in total. The summed E-state index contributed by atoms with van der Waals surface area (Å²) < 4.78 is 45.5. The molecule has 3 aliphatic rings. The molecule has 13 nitrogen and oxygen atoms in total. The molecule has 0 spiro atoms. The van der Waals surface area contributed by atoms with Crippen molar-refractivity contribution in [1.82, 2.24) is 0 Å². The third-order valence-corrected chi connectivity index (χ3v) is 3.90. The van der Waals surface area contributed by atoms with Gasteiger partial charge in [0.05, 0.1) is 0 Å². The predicted molar refractivity (Wildman–Crippen MR) is 46.8 cm³/mol. The summed E-state index contributed by atoms with van der Waals surface area (Å²) in [6, 6.07) is 0. The molecule has 22 heavy (non-hydrogen) atoms. The van der Waals surface area contributed by atoms with Gasteiger partial charge in [-0.05, 0) is 0 Å². The van der Waals surface area contributed by atoms with E-state index in [1.54, 1.807) is 0 Å². The van der Waals surface area contributed by atoms with Crippen LogP contribution in [0.3, 0.4) is 0 Å². The Morgan fingerprint density at radius 2 is 1.32 bits per heavy atom. The Kier molecular flexibility index (Phi) is 3.55. The van der Waals surface area contributed by atoms with E-state index in [4.69, 9.17) is 8.57 Å². The van der Waals surface area contributed by atoms with Crippen LogP contribution >= 0.6 is 7.60 Å². The van der Waals surface area contributed by atoms with E-state index in [0.717, 1.165) is 17.4 Å². The van der Waals surface area contributed by atoms with Gasteiger partial charge in [0.1, 0.15) is 0 Å². The normalized spacial score (nSPS) is 27.8. The minimum atomic E-state index is -5.68. The first-order chi connectivity index (χ1) is 10.1. The van der Waals surface area contributed by atoms with Gasteiger partial charge in [0.2, 0.25) is 13.4 Å². The maximum atomic E-state index is 11.4. The van der Waals surface area contributed by atoms with E-state index >= 15 is 0 Å². The van der Waals surface area contributed by atoms with E-state index in [9.17, 15) is 23.8 Å². The molecule has 3 rings (SSSR count). The van der Waals surface area contributed by atoms with Crippen LogP contribution in [0.4, 0.5) is 14.4 Å². The first kappa shape index (κ1) is 16.7. The fourth-order valence-corrected chi connectivity index (χ4v) is 2.86. The summed E-state index contributed by atoms with van der Waals surface area (Å²) in [5.41, 5.74) is -3.30. The van der Waals surface area contributed by atoms with Crippen LogP contribution in [0, 0.1) is 6.92 Å². The van der Waals surface area contributed by atoms with Gasteiger partial charge in [-0.3, -0.25) is 6.92 Å². The summed E-state index contributed by atoms with van der Waals surface area (Å²) in [7, 11) is -5.68. The summed E-state index contributed by atoms with van der Waals surface area (Å²) in [4.78, 5) is 52.8. The second kappa shape index (κ2) is 4.67. The first-order valence-electron chi connectivity index (χ1n) is 4.89. The Hall–Kier alpha value is -1.66. The van der Waals surface area contributed by atoms with Gasteiger partial charge >= 0.3 is 50.8 Å². The number of rotatable bonds is 3. The van der Waals surface area contributed by atoms with Crippen LogP contribution < -0.4 is 4.89 Å². The molecule has 0 aromatic rings. The average Bonchev–Trinajstić information content (AvgIpc) is 2.30. The molecular formula is C7H3O13PV. The SMILES string of the molecule is [CH2-]C1(C2(C3(P(=O)([O-])O)OC(=O)O3)OC(=O)O2)OC(=O)O1.[O]=[V+2]. The average molecular weight is 377 g/mol. The van der Waals surface area contributed by atoms with Crippen LogP contribution in [-0.4, -0.2) is 40.5 Å². The number of hydrogen-bond acceptors (Lipinski definition) is 12. The Bertz CT molecular complexity index is 584. The summed E-state index contributed by atoms with van der Waals surface area (Å²) in [5, 5.41) is 0. The Morgan fingerprint density at radius 1 is 0.955 bits per heavy atom. The molecule has 3 heterocycles. The third kappa shape index (κ3) is 1.80. The summed E-state index contributed by atoms with van der Waals surface area (Å²) in [5.74, 6) is -5.51. The number of hydrogen-bond donors (Lipinski definition) is 1. The first-order valence-corrected chi connectivity index (χ1v) is 7.03. The molecule has 3 fully saturated rings. The van der Waals surface area contributed by atoms with Gasteiger partial charge in [0.15, 0.2) is 0 Å². The molecule has 0 bridgehead atoms. The zero-order valence-corrected chi connectivity index (χ0v) is 12.2. The van der Waals surface area contributed by atoms with Gasteiger partial charge in [0.25, 0.3) is 0 Å². The van der Waals surface area contributed by atoms with Crippen molar-refractivity contribution in [1.29, 1.82) is 0 Å². The van der Waals surface area contributed by atoms with E-state index in [1.807, 2.05) is 0 Å². The van der Waals surface area contributed by atoms with Crippen molar-refractivity contribution < 1.29 is 78.2 Å². The molecule has 0 saturated carbocycles. The van der Waals surface area contributed by atoms with E-state index in [2.05, 4.69) is 35.3 Å². The van der Waals surface area contributed by atoms with Crippen LogP contribution in [-0.2, 0) is 54.0 Å². The molecular weight excluding hydrogens is 374 g/mol. The van der Waals surface area contributed by atoms with Gasteiger partial charge in [-0.2, -0.15) is 0 Å². The molecule has 3 saturated heterocycles. The van der Waals surface area contributed by atoms with Crippen LogP contribution in [0.25, 0.3) is 0 Å². The van der Waals surface area contributed by atoms with Crippen molar-refractivity contribution in [2.24, 2.45) is 0 Å². The summed E-state index contributed by atoms with van der Waals surface area (Å²) in [6.45, 7) is 3.13. The zero-order valence-electron chi connectivity index (χ0n) is 9.95. The topological polar surface area (TPSA) is 184 Å². The van der Waals surface area contributed by atoms with Crippen molar-refractivity contribution in [3.63, 3.8) is 0 Å². The van der Waals surface area contributed by atoms with Gasteiger partial charge < -0.3 is 42.8 Å². The quantitative estimate of drug-likeness (QED) is 0.268. The minimum absolute atomic E-state index is 1.06. The van der Waals surface area contributed by atoms with Crippen LogP contribution in [0.15, 0.2) is 0 Å². The van der Waals surface area contributed by atoms with Crippen molar-refractivity contribution in [3.05, 3.63) is 6.92 Å². The second-order valence-corrected chi connectivity index (χ2v) is 5.46. The number of cyclic esters (lactones) is 6. The number of carbonyl (C=O) groups is 3. The molecule has 0 aromatic carbocycles. The van der Waals surface area contributed by atoms with Crippen molar-refractivity contribution >= 4 is 26.1 Å². The predicted octanol–water partition coefficient (Wildman–Crippen LogP) is -1.21. The Morgan fingerprint density at radius 3 is 1.59 bits per heavy atom. The summed E-state index contributed by atoms with van der Waals surface area (Å²) in [6.07, 6.45) is -4.25. The molecule has 0 aliphatic carbocycles. The molecule has 3 aliphatic heterocycles. The Balaban J connectivity index is 0.000000847. The van der Waals surface area contributed by atoms with Gasteiger partial charge in [-0.15, -0.1) is 0 Å². The molecule has 119 valence electrons. The molecule has 0 aromatic heterocycles. The van der Waals surface area contributed by atoms with E-state index < -0.39 is 43.2 Å². The van der Waals surface area contributed by atoms with E-state index in [-0.39, 0.29) is 0 Å². The van der Waals surface area contributed by atoms with Gasteiger partial charge in [-0.1, -0.05) is 0 Å². The Labute approximate surface area is 129 Å². The van der Waals surface area contributed by atoms with Crippen molar-refractivity contribution in [2.75, 3.05) is 0 Å². The fraction of sp³-hybridized carbons (Fsp3) is 0.429. The zero-order chi connectivity index (χ0) is 17.0. The molecule has 0 amide bonds. The second-order valence-electron chi connectivity index (χ2n) is 3.83. The van der Waals surface area contributed by atoms with Crippen LogP contribution in [0.5, 0.6) is 0 Å². The van der Waals surface area contributed by atoms with Crippen molar-refractivity contribution in [3.8, 4) is 0 Å². The number of carbonyl (C=O) groups excluding carboxylic acids is 3. The third-order valence-electron chi connectivity index (χ3n) is 2.68. The van der Waals surface area contributed by atoms with Crippen LogP contribution in [0.2, 0.25) is 0 Å². The van der Waals surface area contributed by atoms with Crippen LogP contribution in [0.1, 0.15) is 0 Å². The fourth-order valence-electron chi connectivity index (χ4n) is 1.85. The van der Waals surface area contributed by atoms with E-state index in [1.165, 1.54) is 0 Å². The molecule has 1 atom stereocenters. The van der Waals surface area contributed by atoms with E-state index in [0.29, 0.717) is 0 Å². The molecule has 15 heteroatoms. The standard InChI is InChI=1S/C7H4O12P.O.V/c1-5(14-2(8)15-5)6(16-3(9)17-6)7(20(11,12)13)18-4(10)19-7;;/h1H2,(H2,11,12,13);;/q-1;;+2/p-1. The van der Waals surface area contributed by atoms with Gasteiger partial charge in [0, 0.05) is 0 Å². The summed E-state index contributed by atoms with van der Waals surface area (Å²) >= 11 is 1.06. The van der Waals surface area contributed by atoms with Gasteiger partial charge in [-0.25, -0.2) is 14.4 Å². The monoisotopic (exact) mass is 377 g/mol. The number of ether oxygens (including phenoxy) is 6. The maximum absolute atomic E-state index is 11.4.